The molecule has 0 bridgehead atoms. The number of amides is 2. The van der Waals surface area contributed by atoms with E-state index in [1.54, 1.807) is 0 Å². The molecule has 0 radical (unpaired) electrons. The Bertz CT molecular complexity index is 364. The highest BCUT2D eigenvalue weighted by Gasteiger charge is 2.35. The van der Waals surface area contributed by atoms with E-state index in [1.807, 2.05) is 6.92 Å². The average molecular weight is 282 g/mol. The molecule has 1 aliphatic heterocycles. The third kappa shape index (κ3) is 3.64. The van der Waals surface area contributed by atoms with Gasteiger partial charge in [0.1, 0.15) is 6.04 Å². The summed E-state index contributed by atoms with van der Waals surface area (Å²) in [6, 6.07) is -0.641. The Kier molecular flexibility index (Phi) is 4.89. The van der Waals surface area contributed by atoms with Crippen LogP contribution in [0, 0.1) is 11.8 Å². The second-order valence-corrected chi connectivity index (χ2v) is 6.58. The lowest BCUT2D eigenvalue weighted by atomic mass is 9.87. The molecule has 2 N–H and O–H groups in total. The van der Waals surface area contributed by atoms with E-state index in [0.29, 0.717) is 18.9 Å². The normalized spacial score (nSPS) is 34.6. The van der Waals surface area contributed by atoms with Crippen LogP contribution in [0.15, 0.2) is 0 Å². The van der Waals surface area contributed by atoms with Crippen molar-refractivity contribution in [3.05, 3.63) is 0 Å². The molecule has 2 fully saturated rings. The Balaban J connectivity index is 1.91. The van der Waals surface area contributed by atoms with Crippen LogP contribution in [-0.2, 0) is 4.79 Å². The van der Waals surface area contributed by atoms with Crippen LogP contribution in [0.4, 0.5) is 4.79 Å². The number of carbonyl (C=O) groups excluding carboxylic acids is 1. The van der Waals surface area contributed by atoms with Crippen molar-refractivity contribution in [3.8, 4) is 0 Å². The number of carbonyl (C=O) groups is 2. The third-order valence-electron chi connectivity index (χ3n) is 4.75. The van der Waals surface area contributed by atoms with Gasteiger partial charge in [-0.15, -0.1) is 0 Å². The number of urea groups is 1. The van der Waals surface area contributed by atoms with Crippen LogP contribution in [-0.4, -0.2) is 40.6 Å². The predicted molar refractivity (Wildman–Crippen MR) is 76.5 cm³/mol. The van der Waals surface area contributed by atoms with E-state index < -0.39 is 12.0 Å². The van der Waals surface area contributed by atoms with Gasteiger partial charge in [-0.1, -0.05) is 13.8 Å². The lowest BCUT2D eigenvalue weighted by molar-refractivity contribution is -0.143. The molecule has 5 heteroatoms. The minimum Gasteiger partial charge on any atom is -0.480 e. The van der Waals surface area contributed by atoms with Gasteiger partial charge >= 0.3 is 12.0 Å². The molecule has 114 valence electrons. The molecule has 1 heterocycles. The fourth-order valence-corrected chi connectivity index (χ4v) is 3.28. The second kappa shape index (κ2) is 6.46. The van der Waals surface area contributed by atoms with Crippen LogP contribution in [0.3, 0.4) is 0 Å². The first-order valence-corrected chi connectivity index (χ1v) is 7.77. The molecule has 2 rings (SSSR count). The minimum atomic E-state index is -0.885. The number of carboxylic acid groups (broad SMARTS) is 1. The molecular formula is C15H26N2O3. The number of rotatable bonds is 2. The summed E-state index contributed by atoms with van der Waals surface area (Å²) in [6.07, 6.45) is 5.75. The molecule has 2 amide bonds. The fraction of sp³-hybridized carbons (Fsp3) is 0.867. The maximum absolute atomic E-state index is 12.3. The van der Waals surface area contributed by atoms with E-state index in [0.717, 1.165) is 38.0 Å². The largest absolute Gasteiger partial charge is 0.480 e. The van der Waals surface area contributed by atoms with Crippen molar-refractivity contribution >= 4 is 12.0 Å². The van der Waals surface area contributed by atoms with E-state index in [4.69, 9.17) is 0 Å². The molecule has 1 aliphatic carbocycles. The highest BCUT2D eigenvalue weighted by molar-refractivity contribution is 5.83. The summed E-state index contributed by atoms with van der Waals surface area (Å²) < 4.78 is 0. The zero-order chi connectivity index (χ0) is 14.7. The van der Waals surface area contributed by atoms with Crippen LogP contribution in [0.2, 0.25) is 0 Å². The molecule has 1 saturated carbocycles. The number of hydrogen-bond donors (Lipinski definition) is 2. The second-order valence-electron chi connectivity index (χ2n) is 6.58. The van der Waals surface area contributed by atoms with Crippen LogP contribution in [0.5, 0.6) is 0 Å². The summed E-state index contributed by atoms with van der Waals surface area (Å²) in [5.41, 5.74) is 0. The first kappa shape index (κ1) is 15.1. The highest BCUT2D eigenvalue weighted by Crippen LogP contribution is 2.25. The number of nitrogens with one attached hydrogen (secondary N) is 1. The molecule has 2 atom stereocenters. The first-order chi connectivity index (χ1) is 9.47. The van der Waals surface area contributed by atoms with Crippen molar-refractivity contribution in [2.45, 2.75) is 64.5 Å². The number of aliphatic carboxylic acids is 1. The standard InChI is InChI=1S/C15H26N2O3/c1-10-3-5-12(6-4-10)16-15(20)17-8-7-11(2)9-13(17)14(18)19/h10-13H,3-9H2,1-2H3,(H,16,20)(H,18,19). The van der Waals surface area contributed by atoms with Gasteiger partial charge in [0.05, 0.1) is 0 Å². The monoisotopic (exact) mass is 282 g/mol. The highest BCUT2D eigenvalue weighted by atomic mass is 16.4. The van der Waals surface area contributed by atoms with Gasteiger partial charge in [0.15, 0.2) is 0 Å². The van der Waals surface area contributed by atoms with Crippen molar-refractivity contribution in [3.63, 3.8) is 0 Å². The SMILES string of the molecule is CC1CCC(NC(=O)N2CCC(C)CC2C(=O)O)CC1. The van der Waals surface area contributed by atoms with Crippen molar-refractivity contribution in [2.75, 3.05) is 6.54 Å². The van der Waals surface area contributed by atoms with Crippen molar-refractivity contribution in [1.29, 1.82) is 0 Å². The van der Waals surface area contributed by atoms with Gasteiger partial charge in [-0.3, -0.25) is 0 Å². The minimum absolute atomic E-state index is 0.191. The predicted octanol–water partition coefficient (Wildman–Crippen LogP) is 2.46. The van der Waals surface area contributed by atoms with Gasteiger partial charge in [-0.05, 0) is 50.4 Å². The van der Waals surface area contributed by atoms with E-state index in [1.165, 1.54) is 4.90 Å². The number of piperidine rings is 1. The summed E-state index contributed by atoms with van der Waals surface area (Å²) in [5, 5.41) is 12.3. The topological polar surface area (TPSA) is 69.6 Å². The van der Waals surface area contributed by atoms with E-state index in [9.17, 15) is 14.7 Å². The number of hydrogen-bond acceptors (Lipinski definition) is 2. The molecular weight excluding hydrogens is 256 g/mol. The average Bonchev–Trinajstić information content (AvgIpc) is 2.41. The smallest absolute Gasteiger partial charge is 0.326 e. The van der Waals surface area contributed by atoms with Gasteiger partial charge < -0.3 is 15.3 Å². The summed E-state index contributed by atoms with van der Waals surface area (Å²) in [6.45, 7) is 4.84. The van der Waals surface area contributed by atoms with Crippen LogP contribution < -0.4 is 5.32 Å². The maximum atomic E-state index is 12.3. The molecule has 0 aromatic rings. The van der Waals surface area contributed by atoms with Crippen LogP contribution >= 0.6 is 0 Å². The Morgan fingerprint density at radius 1 is 1.05 bits per heavy atom. The zero-order valence-electron chi connectivity index (χ0n) is 12.5. The maximum Gasteiger partial charge on any atom is 0.326 e. The van der Waals surface area contributed by atoms with Crippen LogP contribution in [0.25, 0.3) is 0 Å². The molecule has 0 aromatic heterocycles. The van der Waals surface area contributed by atoms with Gasteiger partial charge in [0.25, 0.3) is 0 Å². The van der Waals surface area contributed by atoms with Gasteiger partial charge in [0, 0.05) is 12.6 Å². The summed E-state index contributed by atoms with van der Waals surface area (Å²) >= 11 is 0. The third-order valence-corrected chi connectivity index (χ3v) is 4.75. The molecule has 0 aromatic carbocycles. The van der Waals surface area contributed by atoms with E-state index in [-0.39, 0.29) is 12.1 Å². The number of nitrogens with zero attached hydrogens (tertiary/aromatic N) is 1. The molecule has 0 spiro atoms. The summed E-state index contributed by atoms with van der Waals surface area (Å²) in [5.74, 6) is 0.227. The molecule has 1 saturated heterocycles. The lowest BCUT2D eigenvalue weighted by Crippen LogP contribution is -2.55. The van der Waals surface area contributed by atoms with Crippen molar-refractivity contribution in [2.24, 2.45) is 11.8 Å². The van der Waals surface area contributed by atoms with E-state index >= 15 is 0 Å². The van der Waals surface area contributed by atoms with Crippen molar-refractivity contribution in [1.82, 2.24) is 10.2 Å². The van der Waals surface area contributed by atoms with Gasteiger partial charge in [-0.25, -0.2) is 9.59 Å². The molecule has 2 unspecified atom stereocenters. The van der Waals surface area contributed by atoms with Crippen molar-refractivity contribution < 1.29 is 14.7 Å². The Morgan fingerprint density at radius 3 is 2.30 bits per heavy atom. The summed E-state index contributed by atoms with van der Waals surface area (Å²) in [7, 11) is 0. The lowest BCUT2D eigenvalue weighted by Gasteiger charge is -2.37. The Morgan fingerprint density at radius 2 is 1.70 bits per heavy atom. The van der Waals surface area contributed by atoms with Gasteiger partial charge in [0.2, 0.25) is 0 Å². The quantitative estimate of drug-likeness (QED) is 0.817. The number of carboxylic acids is 1. The summed E-state index contributed by atoms with van der Waals surface area (Å²) in [4.78, 5) is 25.2. The molecule has 5 nitrogen and oxygen atoms in total. The Labute approximate surface area is 120 Å². The Hall–Kier alpha value is -1.26. The van der Waals surface area contributed by atoms with Crippen LogP contribution in [0.1, 0.15) is 52.4 Å². The fourth-order valence-electron chi connectivity index (χ4n) is 3.28. The van der Waals surface area contributed by atoms with E-state index in [2.05, 4.69) is 12.2 Å². The zero-order valence-corrected chi connectivity index (χ0v) is 12.5. The first-order valence-electron chi connectivity index (χ1n) is 7.77. The molecule has 2 aliphatic rings. The molecule has 20 heavy (non-hydrogen) atoms. The number of likely N-dealkylation sites (tertiary alicyclic amines) is 1. The van der Waals surface area contributed by atoms with Gasteiger partial charge in [-0.2, -0.15) is 0 Å².